The molecule has 0 spiro atoms. The van der Waals surface area contributed by atoms with Crippen LogP contribution in [-0.4, -0.2) is 48.3 Å². The topological polar surface area (TPSA) is 68.2 Å². The average Bonchev–Trinajstić information content (AvgIpc) is 3.12. The number of amides is 1. The average molecular weight is 362 g/mol. The molecule has 0 bridgehead atoms. The van der Waals surface area contributed by atoms with Gasteiger partial charge < -0.3 is 14.5 Å². The molecule has 2 heterocycles. The first-order chi connectivity index (χ1) is 12.6. The highest BCUT2D eigenvalue weighted by Crippen LogP contribution is 2.22. The molecule has 1 aromatic carbocycles. The maximum Gasteiger partial charge on any atom is 0.310 e. The number of esters is 1. The lowest BCUT2D eigenvalue weighted by atomic mass is 9.97. The summed E-state index contributed by atoms with van der Waals surface area (Å²) in [6.45, 7) is 3.10. The first-order valence-electron chi connectivity index (χ1n) is 8.98. The molecular weight excluding hydrogens is 339 g/mol. The van der Waals surface area contributed by atoms with Crippen LogP contribution in [0.15, 0.2) is 29.4 Å². The molecule has 2 atom stereocenters. The molecule has 6 nitrogen and oxygen atoms in total. The van der Waals surface area contributed by atoms with Crippen molar-refractivity contribution in [2.75, 3.05) is 19.7 Å². The minimum absolute atomic E-state index is 0.142. The summed E-state index contributed by atoms with van der Waals surface area (Å²) in [5, 5.41) is 4.02. The fraction of sp³-hybridized carbons (Fsp3) is 0.526. The van der Waals surface area contributed by atoms with Crippen molar-refractivity contribution in [2.45, 2.75) is 38.7 Å². The van der Waals surface area contributed by atoms with E-state index in [9.17, 15) is 14.0 Å². The molecule has 140 valence electrons. The Kier molecular flexibility index (Phi) is 5.85. The van der Waals surface area contributed by atoms with Crippen molar-refractivity contribution >= 4 is 17.6 Å². The number of rotatable bonds is 5. The summed E-state index contributed by atoms with van der Waals surface area (Å²) in [6, 6.07) is 6.19. The number of piperidine rings is 1. The van der Waals surface area contributed by atoms with E-state index in [1.54, 1.807) is 24.0 Å². The molecule has 1 saturated heterocycles. The Hall–Kier alpha value is -2.44. The lowest BCUT2D eigenvalue weighted by Crippen LogP contribution is -2.47. The van der Waals surface area contributed by atoms with Crippen LogP contribution < -0.4 is 0 Å². The predicted octanol–water partition coefficient (Wildman–Crippen LogP) is 2.31. The number of hydrogen-bond acceptors (Lipinski definition) is 5. The van der Waals surface area contributed by atoms with Crippen molar-refractivity contribution < 1.29 is 23.6 Å². The second kappa shape index (κ2) is 8.29. The Morgan fingerprint density at radius 2 is 2.12 bits per heavy atom. The number of hydrogen-bond donors (Lipinski definition) is 0. The van der Waals surface area contributed by atoms with Gasteiger partial charge in [0.15, 0.2) is 0 Å². The van der Waals surface area contributed by atoms with E-state index >= 15 is 0 Å². The van der Waals surface area contributed by atoms with Gasteiger partial charge in [0, 0.05) is 25.9 Å². The van der Waals surface area contributed by atoms with Gasteiger partial charge in [0.1, 0.15) is 5.82 Å². The zero-order valence-electron chi connectivity index (χ0n) is 14.8. The maximum atomic E-state index is 13.0. The fourth-order valence-corrected chi connectivity index (χ4v) is 3.33. The molecule has 0 aromatic heterocycles. The third kappa shape index (κ3) is 4.39. The van der Waals surface area contributed by atoms with Crippen LogP contribution in [0.3, 0.4) is 0 Å². The Morgan fingerprint density at radius 1 is 1.35 bits per heavy atom. The van der Waals surface area contributed by atoms with Gasteiger partial charge in [0.25, 0.3) is 5.91 Å². The number of likely N-dealkylation sites (tertiary alicyclic amines) is 1. The summed E-state index contributed by atoms with van der Waals surface area (Å²) >= 11 is 0. The molecule has 1 fully saturated rings. The second-order valence-electron chi connectivity index (χ2n) is 6.63. The number of carbonyl (C=O) groups excluding carboxylic acids is 2. The van der Waals surface area contributed by atoms with Crippen LogP contribution in [-0.2, 0) is 25.6 Å². The van der Waals surface area contributed by atoms with Crippen molar-refractivity contribution in [1.29, 1.82) is 0 Å². The van der Waals surface area contributed by atoms with Gasteiger partial charge in [0.2, 0.25) is 6.10 Å². The first kappa shape index (κ1) is 18.4. The van der Waals surface area contributed by atoms with Gasteiger partial charge in [-0.1, -0.05) is 17.3 Å². The van der Waals surface area contributed by atoms with Gasteiger partial charge in [0.05, 0.1) is 18.2 Å². The van der Waals surface area contributed by atoms with E-state index in [0.29, 0.717) is 32.5 Å². The van der Waals surface area contributed by atoms with Gasteiger partial charge >= 0.3 is 5.97 Å². The SMILES string of the molecule is CCOC(=O)C1CCCN(C(=O)C2CC(Cc3ccc(F)cc3)=NO2)C1. The first-order valence-corrected chi connectivity index (χ1v) is 8.98. The zero-order valence-corrected chi connectivity index (χ0v) is 14.8. The van der Waals surface area contributed by atoms with Crippen molar-refractivity contribution in [3.05, 3.63) is 35.6 Å². The molecule has 1 amide bonds. The van der Waals surface area contributed by atoms with Crippen LogP contribution in [0.5, 0.6) is 0 Å². The van der Waals surface area contributed by atoms with Gasteiger partial charge in [-0.15, -0.1) is 0 Å². The minimum Gasteiger partial charge on any atom is -0.466 e. The van der Waals surface area contributed by atoms with Crippen LogP contribution >= 0.6 is 0 Å². The molecule has 0 radical (unpaired) electrons. The Balaban J connectivity index is 1.53. The summed E-state index contributed by atoms with van der Waals surface area (Å²) in [5.74, 6) is -0.941. The van der Waals surface area contributed by atoms with Crippen molar-refractivity contribution in [3.63, 3.8) is 0 Å². The lowest BCUT2D eigenvalue weighted by molar-refractivity contribution is -0.153. The van der Waals surface area contributed by atoms with E-state index in [2.05, 4.69) is 5.16 Å². The predicted molar refractivity (Wildman–Crippen MR) is 93.0 cm³/mol. The Morgan fingerprint density at radius 3 is 2.85 bits per heavy atom. The number of halogens is 1. The van der Waals surface area contributed by atoms with Gasteiger partial charge in [-0.2, -0.15) is 0 Å². The molecule has 2 unspecified atom stereocenters. The Bertz CT molecular complexity index is 689. The Labute approximate surface area is 151 Å². The molecule has 1 aromatic rings. The zero-order chi connectivity index (χ0) is 18.5. The molecule has 2 aliphatic heterocycles. The highest BCUT2D eigenvalue weighted by atomic mass is 19.1. The van der Waals surface area contributed by atoms with E-state index in [-0.39, 0.29) is 23.6 Å². The third-order valence-corrected chi connectivity index (χ3v) is 4.68. The highest BCUT2D eigenvalue weighted by Gasteiger charge is 2.36. The molecule has 3 rings (SSSR count). The number of oxime groups is 1. The lowest BCUT2D eigenvalue weighted by Gasteiger charge is -2.32. The second-order valence-corrected chi connectivity index (χ2v) is 6.63. The molecular formula is C19H23FN2O4. The monoisotopic (exact) mass is 362 g/mol. The van der Waals surface area contributed by atoms with E-state index in [4.69, 9.17) is 9.57 Å². The molecule has 0 aliphatic carbocycles. The maximum absolute atomic E-state index is 13.0. The van der Waals surface area contributed by atoms with E-state index in [1.807, 2.05) is 0 Å². The largest absolute Gasteiger partial charge is 0.466 e. The van der Waals surface area contributed by atoms with Gasteiger partial charge in [-0.25, -0.2) is 4.39 Å². The number of ether oxygens (including phenoxy) is 1. The normalized spacial score (nSPS) is 22.5. The summed E-state index contributed by atoms with van der Waals surface area (Å²) in [6.07, 6.45) is 1.80. The molecule has 0 N–H and O–H groups in total. The summed E-state index contributed by atoms with van der Waals surface area (Å²) < 4.78 is 18.0. The third-order valence-electron chi connectivity index (χ3n) is 4.68. The number of carbonyl (C=O) groups is 2. The summed E-state index contributed by atoms with van der Waals surface area (Å²) in [5.41, 5.74) is 1.68. The van der Waals surface area contributed by atoms with Crippen LogP contribution in [0, 0.1) is 11.7 Å². The van der Waals surface area contributed by atoms with E-state index < -0.39 is 6.10 Å². The highest BCUT2D eigenvalue weighted by molar-refractivity contribution is 5.94. The van der Waals surface area contributed by atoms with Gasteiger partial charge in [-0.05, 0) is 37.5 Å². The van der Waals surface area contributed by atoms with Crippen molar-refractivity contribution in [1.82, 2.24) is 4.90 Å². The summed E-state index contributed by atoms with van der Waals surface area (Å²) in [7, 11) is 0. The number of benzene rings is 1. The number of nitrogens with zero attached hydrogens (tertiary/aromatic N) is 2. The van der Waals surface area contributed by atoms with Crippen molar-refractivity contribution in [3.8, 4) is 0 Å². The molecule has 26 heavy (non-hydrogen) atoms. The van der Waals surface area contributed by atoms with Crippen LogP contribution in [0.4, 0.5) is 4.39 Å². The van der Waals surface area contributed by atoms with E-state index in [1.165, 1.54) is 12.1 Å². The standard InChI is InChI=1S/C19H23FN2O4/c1-2-25-19(24)14-4-3-9-22(12-14)18(23)17-11-16(21-26-17)10-13-5-7-15(20)8-6-13/h5-8,14,17H,2-4,9-12H2,1H3. The smallest absolute Gasteiger partial charge is 0.310 e. The quantitative estimate of drug-likeness (QED) is 0.754. The van der Waals surface area contributed by atoms with Crippen LogP contribution in [0.1, 0.15) is 31.7 Å². The van der Waals surface area contributed by atoms with Gasteiger partial charge in [-0.3, -0.25) is 9.59 Å². The molecule has 7 heteroatoms. The minimum atomic E-state index is -0.647. The van der Waals surface area contributed by atoms with Crippen molar-refractivity contribution in [2.24, 2.45) is 11.1 Å². The van der Waals surface area contributed by atoms with Crippen LogP contribution in [0.25, 0.3) is 0 Å². The fourth-order valence-electron chi connectivity index (χ4n) is 3.33. The van der Waals surface area contributed by atoms with E-state index in [0.717, 1.165) is 24.1 Å². The summed E-state index contributed by atoms with van der Waals surface area (Å²) in [4.78, 5) is 31.6. The molecule has 2 aliphatic rings. The van der Waals surface area contributed by atoms with Crippen LogP contribution in [0.2, 0.25) is 0 Å². The molecule has 0 saturated carbocycles.